The lowest BCUT2D eigenvalue weighted by molar-refractivity contribution is 0.407. The molecule has 0 aliphatic rings. The molecule has 1 nitrogen and oxygen atoms in total. The summed E-state index contributed by atoms with van der Waals surface area (Å²) in [6.07, 6.45) is 10.7. The number of rotatable bonds is 9. The Morgan fingerprint density at radius 2 is 1.60 bits per heavy atom. The lowest BCUT2D eigenvalue weighted by Gasteiger charge is -2.17. The third-order valence-electron chi connectivity index (χ3n) is 2.75. The Morgan fingerprint density at radius 3 is 1.93 bits per heavy atom. The van der Waals surface area contributed by atoms with Gasteiger partial charge in [-0.1, -0.05) is 52.5 Å². The van der Waals surface area contributed by atoms with Crippen molar-refractivity contribution in [1.82, 2.24) is 0 Å². The van der Waals surface area contributed by atoms with Crippen molar-refractivity contribution in [2.24, 2.45) is 0 Å². The average Bonchev–Trinajstić information content (AvgIpc) is 2.28. The zero-order valence-electron chi connectivity index (χ0n) is 11.0. The van der Waals surface area contributed by atoms with E-state index in [1.165, 1.54) is 38.3 Å². The van der Waals surface area contributed by atoms with Crippen LogP contribution in [0.1, 0.15) is 59.8 Å². The molecule has 0 bridgehead atoms. The summed E-state index contributed by atoms with van der Waals surface area (Å²) in [6.45, 7) is 9.17. The predicted octanol–water partition coefficient (Wildman–Crippen LogP) is 4.91. The zero-order chi connectivity index (χ0) is 11.5. The summed E-state index contributed by atoms with van der Waals surface area (Å²) in [5, 5.41) is 0. The van der Waals surface area contributed by atoms with Gasteiger partial charge in [-0.05, 0) is 26.0 Å². The van der Waals surface area contributed by atoms with E-state index < -0.39 is 0 Å². The van der Waals surface area contributed by atoms with Gasteiger partial charge in [0.15, 0.2) is 0 Å². The molecule has 0 aliphatic heterocycles. The summed E-state index contributed by atoms with van der Waals surface area (Å²) in [4.78, 5) is 0. The van der Waals surface area contributed by atoms with Crippen LogP contribution in [-0.4, -0.2) is 6.92 Å². The second-order valence-electron chi connectivity index (χ2n) is 4.13. The van der Waals surface area contributed by atoms with Crippen molar-refractivity contribution in [2.75, 3.05) is 0 Å². The van der Waals surface area contributed by atoms with Crippen LogP contribution in [0.4, 0.5) is 0 Å². The Labute approximate surface area is 96.4 Å². The van der Waals surface area contributed by atoms with Gasteiger partial charge in [0.1, 0.15) is 0 Å². The van der Waals surface area contributed by atoms with Crippen LogP contribution < -0.4 is 0 Å². The first-order valence-electron chi connectivity index (χ1n) is 6.60. The van der Waals surface area contributed by atoms with E-state index in [-0.39, 0.29) is 0 Å². The molecule has 0 aromatic rings. The highest BCUT2D eigenvalue weighted by Crippen LogP contribution is 2.15. The Bertz CT molecular complexity index is 158. The van der Waals surface area contributed by atoms with Crippen molar-refractivity contribution in [3.05, 3.63) is 11.8 Å². The van der Waals surface area contributed by atoms with Crippen LogP contribution >= 0.6 is 0 Å². The van der Waals surface area contributed by atoms with Crippen molar-refractivity contribution < 1.29 is 4.65 Å². The van der Waals surface area contributed by atoms with Gasteiger partial charge in [-0.15, -0.1) is 0 Å². The molecule has 0 saturated heterocycles. The summed E-state index contributed by atoms with van der Waals surface area (Å²) < 4.78 is 6.01. The molecular formula is C13H27BO. The fourth-order valence-corrected chi connectivity index (χ4v) is 1.70. The molecule has 0 aliphatic carbocycles. The molecule has 0 aromatic heterocycles. The van der Waals surface area contributed by atoms with Crippen LogP contribution in [0.3, 0.4) is 0 Å². The lowest BCUT2D eigenvalue weighted by atomic mass is 9.59. The highest BCUT2D eigenvalue weighted by Gasteiger charge is 2.16. The van der Waals surface area contributed by atoms with Crippen LogP contribution in [0.2, 0.25) is 12.6 Å². The van der Waals surface area contributed by atoms with Crippen LogP contribution in [0.25, 0.3) is 0 Å². The third-order valence-corrected chi connectivity index (χ3v) is 2.75. The lowest BCUT2D eigenvalue weighted by Crippen LogP contribution is -2.17. The normalized spacial score (nSPS) is 11.6. The molecule has 0 radical (unpaired) electrons. The van der Waals surface area contributed by atoms with E-state index in [1.807, 2.05) is 0 Å². The molecule has 0 aromatic carbocycles. The molecule has 0 heterocycles. The van der Waals surface area contributed by atoms with E-state index in [0.717, 1.165) is 12.2 Å². The fraction of sp³-hybridized carbons (Fsp3) is 0.846. The standard InChI is InChI=1S/C13H27BO/c1-5-9-11-14(12-10-6-2)15-13(7-3)8-4/h7H,5-6,8-12H2,1-4H3. The molecule has 15 heavy (non-hydrogen) atoms. The molecular weight excluding hydrogens is 183 g/mol. The van der Waals surface area contributed by atoms with Gasteiger partial charge in [-0.3, -0.25) is 0 Å². The molecule has 0 saturated carbocycles. The van der Waals surface area contributed by atoms with Crippen molar-refractivity contribution in [3.63, 3.8) is 0 Å². The highest BCUT2D eigenvalue weighted by molar-refractivity contribution is 6.52. The minimum Gasteiger partial charge on any atom is -0.564 e. The third kappa shape index (κ3) is 7.52. The van der Waals surface area contributed by atoms with Gasteiger partial charge in [0.25, 0.3) is 0 Å². The van der Waals surface area contributed by atoms with Crippen molar-refractivity contribution in [2.45, 2.75) is 72.4 Å². The molecule has 0 fully saturated rings. The van der Waals surface area contributed by atoms with Gasteiger partial charge < -0.3 is 4.65 Å². The van der Waals surface area contributed by atoms with Gasteiger partial charge in [-0.2, -0.15) is 0 Å². The number of hydrogen-bond donors (Lipinski definition) is 0. The number of hydrogen-bond acceptors (Lipinski definition) is 1. The van der Waals surface area contributed by atoms with Crippen LogP contribution in [0, 0.1) is 0 Å². The molecule has 2 heteroatoms. The summed E-state index contributed by atoms with van der Waals surface area (Å²) >= 11 is 0. The average molecular weight is 210 g/mol. The Balaban J connectivity index is 3.97. The van der Waals surface area contributed by atoms with Gasteiger partial charge in [0.2, 0.25) is 0 Å². The smallest absolute Gasteiger partial charge is 0.357 e. The van der Waals surface area contributed by atoms with Crippen molar-refractivity contribution in [1.29, 1.82) is 0 Å². The van der Waals surface area contributed by atoms with E-state index in [0.29, 0.717) is 6.92 Å². The van der Waals surface area contributed by atoms with Crippen LogP contribution in [0.15, 0.2) is 11.8 Å². The quantitative estimate of drug-likeness (QED) is 0.388. The summed E-state index contributed by atoms with van der Waals surface area (Å²) in [5.74, 6) is 1.16. The van der Waals surface area contributed by atoms with Gasteiger partial charge in [-0.25, -0.2) is 0 Å². The number of unbranched alkanes of at least 4 members (excludes halogenated alkanes) is 2. The predicted molar refractivity (Wildman–Crippen MR) is 70.3 cm³/mol. The monoisotopic (exact) mass is 210 g/mol. The molecule has 88 valence electrons. The minimum atomic E-state index is 0.455. The first-order valence-corrected chi connectivity index (χ1v) is 6.60. The van der Waals surface area contributed by atoms with E-state index in [9.17, 15) is 0 Å². The maximum absolute atomic E-state index is 6.01. The van der Waals surface area contributed by atoms with E-state index in [2.05, 4.69) is 33.8 Å². The second kappa shape index (κ2) is 10.1. The Hall–Kier alpha value is -0.395. The van der Waals surface area contributed by atoms with Gasteiger partial charge >= 0.3 is 6.92 Å². The Kier molecular flexibility index (Phi) is 9.87. The molecule has 0 spiro atoms. The summed E-state index contributed by atoms with van der Waals surface area (Å²) in [5.41, 5.74) is 0. The first kappa shape index (κ1) is 14.6. The van der Waals surface area contributed by atoms with Crippen molar-refractivity contribution >= 4 is 6.92 Å². The summed E-state index contributed by atoms with van der Waals surface area (Å²) in [7, 11) is 0. The Morgan fingerprint density at radius 1 is 1.07 bits per heavy atom. The highest BCUT2D eigenvalue weighted by atomic mass is 16.4. The SMILES string of the molecule is CC=C(CC)OB(CCCC)CCCC. The molecule has 0 rings (SSSR count). The molecule has 0 unspecified atom stereocenters. The van der Waals surface area contributed by atoms with E-state index in [4.69, 9.17) is 4.65 Å². The van der Waals surface area contributed by atoms with E-state index in [1.54, 1.807) is 0 Å². The minimum absolute atomic E-state index is 0.455. The maximum Gasteiger partial charge on any atom is 0.357 e. The largest absolute Gasteiger partial charge is 0.564 e. The van der Waals surface area contributed by atoms with Crippen LogP contribution in [0.5, 0.6) is 0 Å². The molecule has 0 N–H and O–H groups in total. The van der Waals surface area contributed by atoms with Gasteiger partial charge in [0, 0.05) is 0 Å². The van der Waals surface area contributed by atoms with Gasteiger partial charge in [0.05, 0.1) is 5.76 Å². The maximum atomic E-state index is 6.01. The first-order chi connectivity index (χ1) is 7.28. The zero-order valence-corrected chi connectivity index (χ0v) is 11.0. The molecule has 0 amide bonds. The second-order valence-corrected chi connectivity index (χ2v) is 4.13. The fourth-order valence-electron chi connectivity index (χ4n) is 1.70. The van der Waals surface area contributed by atoms with E-state index >= 15 is 0 Å². The van der Waals surface area contributed by atoms with Crippen molar-refractivity contribution in [3.8, 4) is 0 Å². The van der Waals surface area contributed by atoms with Crippen LogP contribution in [-0.2, 0) is 4.65 Å². The molecule has 0 atom stereocenters. The topological polar surface area (TPSA) is 9.23 Å². The number of allylic oxidation sites excluding steroid dienone is 2. The summed E-state index contributed by atoms with van der Waals surface area (Å²) in [6, 6.07) is 0.